The standard InChI is InChI=1S/C57H110O6/c1-7-53(6)45-39-33-27-21-16-18-24-30-36-42-48-57(60)63-54(50-62-56(59)47-41-35-29-23-17-15-20-26-32-38-44-52(4)5)49-61-55(58)46-40-34-28-22-14-12-10-8-9-11-13-19-25-31-37-43-51(2)3/h51-54H,7-50H2,1-6H3/t53?,54-/m0/s1. The summed E-state index contributed by atoms with van der Waals surface area (Å²) in [5.41, 5.74) is 0. The summed E-state index contributed by atoms with van der Waals surface area (Å²) in [5, 5.41) is 0. The topological polar surface area (TPSA) is 78.9 Å². The van der Waals surface area contributed by atoms with Crippen LogP contribution in [-0.4, -0.2) is 37.2 Å². The fourth-order valence-electron chi connectivity index (χ4n) is 8.61. The molecule has 2 atom stereocenters. The van der Waals surface area contributed by atoms with Crippen molar-refractivity contribution >= 4 is 17.9 Å². The van der Waals surface area contributed by atoms with Gasteiger partial charge in [0.15, 0.2) is 6.10 Å². The molecule has 0 aromatic heterocycles. The van der Waals surface area contributed by atoms with Crippen molar-refractivity contribution in [2.75, 3.05) is 13.2 Å². The lowest BCUT2D eigenvalue weighted by Gasteiger charge is -2.18. The van der Waals surface area contributed by atoms with Gasteiger partial charge in [0.25, 0.3) is 0 Å². The van der Waals surface area contributed by atoms with Crippen LogP contribution in [0.25, 0.3) is 0 Å². The minimum Gasteiger partial charge on any atom is -0.462 e. The van der Waals surface area contributed by atoms with Crippen molar-refractivity contribution in [2.24, 2.45) is 17.8 Å². The fraction of sp³-hybridized carbons (Fsp3) is 0.947. The van der Waals surface area contributed by atoms with Gasteiger partial charge in [0, 0.05) is 19.3 Å². The van der Waals surface area contributed by atoms with Gasteiger partial charge in [0.2, 0.25) is 0 Å². The van der Waals surface area contributed by atoms with Crippen LogP contribution >= 0.6 is 0 Å². The first-order valence-electron chi connectivity index (χ1n) is 28.1. The van der Waals surface area contributed by atoms with E-state index in [2.05, 4.69) is 41.5 Å². The van der Waals surface area contributed by atoms with Crippen LogP contribution in [-0.2, 0) is 28.6 Å². The Morgan fingerprint density at radius 2 is 0.556 bits per heavy atom. The van der Waals surface area contributed by atoms with E-state index < -0.39 is 6.10 Å². The molecule has 0 aliphatic heterocycles. The van der Waals surface area contributed by atoms with Crippen LogP contribution in [0.1, 0.15) is 311 Å². The van der Waals surface area contributed by atoms with Crippen molar-refractivity contribution in [3.8, 4) is 0 Å². The quantitative estimate of drug-likeness (QED) is 0.0344. The highest BCUT2D eigenvalue weighted by molar-refractivity contribution is 5.71. The predicted molar refractivity (Wildman–Crippen MR) is 270 cm³/mol. The fourth-order valence-corrected chi connectivity index (χ4v) is 8.61. The summed E-state index contributed by atoms with van der Waals surface area (Å²) in [4.78, 5) is 38.1. The van der Waals surface area contributed by atoms with E-state index in [1.807, 2.05) is 0 Å². The van der Waals surface area contributed by atoms with Crippen molar-refractivity contribution in [1.82, 2.24) is 0 Å². The second-order valence-corrected chi connectivity index (χ2v) is 20.8. The van der Waals surface area contributed by atoms with Gasteiger partial charge in [-0.25, -0.2) is 0 Å². The maximum absolute atomic E-state index is 12.8. The molecule has 0 amide bonds. The third kappa shape index (κ3) is 49.7. The molecule has 0 aliphatic carbocycles. The minimum absolute atomic E-state index is 0.0640. The second-order valence-electron chi connectivity index (χ2n) is 20.8. The molecule has 0 saturated carbocycles. The molecule has 374 valence electrons. The van der Waals surface area contributed by atoms with E-state index in [9.17, 15) is 14.4 Å². The monoisotopic (exact) mass is 891 g/mol. The molecule has 1 unspecified atom stereocenters. The van der Waals surface area contributed by atoms with Crippen LogP contribution in [0.2, 0.25) is 0 Å². The van der Waals surface area contributed by atoms with Crippen LogP contribution in [0, 0.1) is 17.8 Å². The first-order chi connectivity index (χ1) is 30.6. The van der Waals surface area contributed by atoms with Crippen molar-refractivity contribution in [3.05, 3.63) is 0 Å². The number of carbonyl (C=O) groups is 3. The largest absolute Gasteiger partial charge is 0.462 e. The molecular weight excluding hydrogens is 781 g/mol. The molecular formula is C57H110O6. The molecule has 63 heavy (non-hydrogen) atoms. The normalized spacial score (nSPS) is 12.6. The smallest absolute Gasteiger partial charge is 0.306 e. The highest BCUT2D eigenvalue weighted by Gasteiger charge is 2.19. The second kappa shape index (κ2) is 48.3. The molecule has 0 spiro atoms. The first-order valence-corrected chi connectivity index (χ1v) is 28.1. The molecule has 0 bridgehead atoms. The van der Waals surface area contributed by atoms with E-state index >= 15 is 0 Å². The zero-order valence-corrected chi connectivity index (χ0v) is 43.4. The van der Waals surface area contributed by atoms with Gasteiger partial charge < -0.3 is 14.2 Å². The SMILES string of the molecule is CCC(C)CCCCCCCCCCCCC(=O)O[C@@H](COC(=O)CCCCCCCCCCCCCCCCCC(C)C)COC(=O)CCCCCCCCCCCCC(C)C. The Bertz CT molecular complexity index is 978. The van der Waals surface area contributed by atoms with E-state index in [4.69, 9.17) is 14.2 Å². The van der Waals surface area contributed by atoms with Crippen LogP contribution in [0.5, 0.6) is 0 Å². The molecule has 0 aromatic carbocycles. The van der Waals surface area contributed by atoms with Crippen LogP contribution in [0.15, 0.2) is 0 Å². The molecule has 0 fully saturated rings. The molecule has 6 nitrogen and oxygen atoms in total. The predicted octanol–water partition coefficient (Wildman–Crippen LogP) is 18.3. The van der Waals surface area contributed by atoms with Gasteiger partial charge >= 0.3 is 17.9 Å². The summed E-state index contributed by atoms with van der Waals surface area (Å²) in [7, 11) is 0. The zero-order chi connectivity index (χ0) is 46.3. The minimum atomic E-state index is -0.763. The van der Waals surface area contributed by atoms with Gasteiger partial charge in [-0.2, -0.15) is 0 Å². The molecule has 6 heteroatoms. The number of unbranched alkanes of at least 4 members (excludes halogenated alkanes) is 32. The Kier molecular flexibility index (Phi) is 47.1. The number of carbonyl (C=O) groups excluding carboxylic acids is 3. The van der Waals surface area contributed by atoms with Crippen molar-refractivity contribution in [1.29, 1.82) is 0 Å². The van der Waals surface area contributed by atoms with Gasteiger partial charge in [-0.3, -0.25) is 14.4 Å². The molecule has 0 radical (unpaired) electrons. The average molecular weight is 892 g/mol. The van der Waals surface area contributed by atoms with E-state index in [1.165, 1.54) is 193 Å². The van der Waals surface area contributed by atoms with Gasteiger partial charge in [-0.05, 0) is 37.0 Å². The highest BCUT2D eigenvalue weighted by Crippen LogP contribution is 2.18. The van der Waals surface area contributed by atoms with Crippen molar-refractivity contribution in [3.63, 3.8) is 0 Å². The third-order valence-electron chi connectivity index (χ3n) is 13.3. The lowest BCUT2D eigenvalue weighted by molar-refractivity contribution is -0.167. The Balaban J connectivity index is 4.30. The molecule has 0 N–H and O–H groups in total. The Morgan fingerprint density at radius 1 is 0.317 bits per heavy atom. The van der Waals surface area contributed by atoms with Crippen LogP contribution in [0.4, 0.5) is 0 Å². The van der Waals surface area contributed by atoms with Crippen molar-refractivity contribution < 1.29 is 28.6 Å². The van der Waals surface area contributed by atoms with Gasteiger partial charge in [0.05, 0.1) is 0 Å². The number of hydrogen-bond donors (Lipinski definition) is 0. The average Bonchev–Trinajstić information content (AvgIpc) is 3.25. The summed E-state index contributed by atoms with van der Waals surface area (Å²) < 4.78 is 16.9. The molecule has 0 saturated heterocycles. The van der Waals surface area contributed by atoms with Crippen LogP contribution < -0.4 is 0 Å². The van der Waals surface area contributed by atoms with E-state index in [0.29, 0.717) is 19.3 Å². The Labute approximate surface area is 393 Å². The molecule has 0 rings (SSSR count). The molecule has 0 aliphatic rings. The van der Waals surface area contributed by atoms with Crippen molar-refractivity contribution in [2.45, 2.75) is 317 Å². The summed E-state index contributed by atoms with van der Waals surface area (Å²) in [5.74, 6) is 1.69. The number of rotatable bonds is 50. The lowest BCUT2D eigenvalue weighted by Crippen LogP contribution is -2.30. The summed E-state index contributed by atoms with van der Waals surface area (Å²) >= 11 is 0. The Hall–Kier alpha value is -1.59. The van der Waals surface area contributed by atoms with E-state index in [1.54, 1.807) is 0 Å². The van der Waals surface area contributed by atoms with Crippen LogP contribution in [0.3, 0.4) is 0 Å². The summed E-state index contributed by atoms with van der Waals surface area (Å²) in [6, 6.07) is 0. The lowest BCUT2D eigenvalue weighted by atomic mass is 9.99. The van der Waals surface area contributed by atoms with Gasteiger partial charge in [-0.1, -0.05) is 273 Å². The molecule has 0 heterocycles. The van der Waals surface area contributed by atoms with Gasteiger partial charge in [0.1, 0.15) is 13.2 Å². The number of esters is 3. The Morgan fingerprint density at radius 3 is 0.825 bits per heavy atom. The number of ether oxygens (including phenoxy) is 3. The maximum atomic E-state index is 12.8. The molecule has 0 aromatic rings. The zero-order valence-electron chi connectivity index (χ0n) is 43.4. The summed E-state index contributed by atoms with van der Waals surface area (Å²) in [6.07, 6.45) is 49.4. The summed E-state index contributed by atoms with van der Waals surface area (Å²) in [6.45, 7) is 13.8. The van der Waals surface area contributed by atoms with E-state index in [0.717, 1.165) is 75.5 Å². The van der Waals surface area contributed by atoms with E-state index in [-0.39, 0.29) is 31.1 Å². The van der Waals surface area contributed by atoms with Gasteiger partial charge in [-0.15, -0.1) is 0 Å². The third-order valence-corrected chi connectivity index (χ3v) is 13.3. The number of hydrogen-bond acceptors (Lipinski definition) is 6. The highest BCUT2D eigenvalue weighted by atomic mass is 16.6. The maximum Gasteiger partial charge on any atom is 0.306 e. The first kappa shape index (κ1) is 61.4.